The van der Waals surface area contributed by atoms with Gasteiger partial charge >= 0.3 is 0 Å². The molecule has 3 heteroatoms. The Kier molecular flexibility index (Phi) is 3.97. The molecule has 0 aliphatic heterocycles. The lowest BCUT2D eigenvalue weighted by Crippen LogP contribution is -2.17. The highest BCUT2D eigenvalue weighted by Gasteiger charge is 2.16. The molecule has 0 aliphatic carbocycles. The molecule has 0 aliphatic rings. The van der Waals surface area contributed by atoms with E-state index in [-0.39, 0.29) is 6.04 Å². The summed E-state index contributed by atoms with van der Waals surface area (Å²) in [4.78, 5) is 0. The van der Waals surface area contributed by atoms with Crippen LogP contribution in [0.15, 0.2) is 18.2 Å². The number of hydrogen-bond donors (Lipinski definition) is 1. The third-order valence-corrected chi connectivity index (χ3v) is 2.51. The summed E-state index contributed by atoms with van der Waals surface area (Å²) in [7, 11) is 3.30. The van der Waals surface area contributed by atoms with E-state index in [0.717, 1.165) is 17.1 Å². The molecule has 0 unspecified atom stereocenters. The fourth-order valence-corrected chi connectivity index (χ4v) is 1.46. The monoisotopic (exact) mass is 209 g/mol. The Morgan fingerprint density at radius 2 is 1.80 bits per heavy atom. The lowest BCUT2D eigenvalue weighted by molar-refractivity contribution is 0.387. The van der Waals surface area contributed by atoms with Crippen molar-refractivity contribution in [1.82, 2.24) is 0 Å². The topological polar surface area (TPSA) is 44.5 Å². The minimum Gasteiger partial charge on any atom is -0.497 e. The van der Waals surface area contributed by atoms with Crippen molar-refractivity contribution < 1.29 is 9.47 Å². The number of nitrogens with two attached hydrogens (primary N) is 1. The molecule has 0 heterocycles. The van der Waals surface area contributed by atoms with Crippen molar-refractivity contribution in [3.63, 3.8) is 0 Å². The standard InChI is InChI=1S/C12H19NO2/c1-8(2)12(13)10-7-9(14-3)5-6-11(10)15-4/h5-8,12H,13H2,1-4H3/t12-/m0/s1. The van der Waals surface area contributed by atoms with E-state index in [1.807, 2.05) is 18.2 Å². The maximum atomic E-state index is 6.10. The van der Waals surface area contributed by atoms with E-state index >= 15 is 0 Å². The molecule has 15 heavy (non-hydrogen) atoms. The Morgan fingerprint density at radius 1 is 1.13 bits per heavy atom. The zero-order chi connectivity index (χ0) is 11.4. The summed E-state index contributed by atoms with van der Waals surface area (Å²) in [6.07, 6.45) is 0. The van der Waals surface area contributed by atoms with E-state index in [1.54, 1.807) is 14.2 Å². The zero-order valence-corrected chi connectivity index (χ0v) is 9.78. The predicted molar refractivity (Wildman–Crippen MR) is 61.3 cm³/mol. The largest absolute Gasteiger partial charge is 0.497 e. The summed E-state index contributed by atoms with van der Waals surface area (Å²) in [5.41, 5.74) is 7.09. The van der Waals surface area contributed by atoms with E-state index in [2.05, 4.69) is 13.8 Å². The van der Waals surface area contributed by atoms with Gasteiger partial charge in [-0.15, -0.1) is 0 Å². The van der Waals surface area contributed by atoms with Crippen LogP contribution in [0.4, 0.5) is 0 Å². The van der Waals surface area contributed by atoms with Crippen molar-refractivity contribution in [2.75, 3.05) is 14.2 Å². The lowest BCUT2D eigenvalue weighted by Gasteiger charge is -2.19. The second-order valence-electron chi connectivity index (χ2n) is 3.88. The number of benzene rings is 1. The van der Waals surface area contributed by atoms with Gasteiger partial charge in [0.25, 0.3) is 0 Å². The quantitative estimate of drug-likeness (QED) is 0.828. The van der Waals surface area contributed by atoms with Crippen molar-refractivity contribution in [3.05, 3.63) is 23.8 Å². The maximum Gasteiger partial charge on any atom is 0.123 e. The number of hydrogen-bond acceptors (Lipinski definition) is 3. The summed E-state index contributed by atoms with van der Waals surface area (Å²) >= 11 is 0. The van der Waals surface area contributed by atoms with Crippen LogP contribution in [0.1, 0.15) is 25.5 Å². The molecule has 0 aromatic heterocycles. The zero-order valence-electron chi connectivity index (χ0n) is 9.78. The first kappa shape index (κ1) is 11.9. The molecule has 84 valence electrons. The van der Waals surface area contributed by atoms with Crippen LogP contribution in [0, 0.1) is 5.92 Å². The SMILES string of the molecule is COc1ccc(OC)c([C@@H](N)C(C)C)c1. The van der Waals surface area contributed by atoms with E-state index in [4.69, 9.17) is 15.2 Å². The Balaban J connectivity index is 3.11. The van der Waals surface area contributed by atoms with Crippen LogP contribution in [0.2, 0.25) is 0 Å². The molecule has 1 rings (SSSR count). The molecule has 3 nitrogen and oxygen atoms in total. The van der Waals surface area contributed by atoms with Gasteiger partial charge in [0.1, 0.15) is 11.5 Å². The molecule has 1 aromatic carbocycles. The molecule has 2 N–H and O–H groups in total. The van der Waals surface area contributed by atoms with E-state index < -0.39 is 0 Å². The van der Waals surface area contributed by atoms with E-state index in [9.17, 15) is 0 Å². The van der Waals surface area contributed by atoms with Crippen molar-refractivity contribution in [1.29, 1.82) is 0 Å². The Bertz CT molecular complexity index is 323. The molecular weight excluding hydrogens is 190 g/mol. The summed E-state index contributed by atoms with van der Waals surface area (Å²) in [6.45, 7) is 4.17. The van der Waals surface area contributed by atoms with Crippen LogP contribution in [-0.2, 0) is 0 Å². The van der Waals surface area contributed by atoms with Gasteiger partial charge in [-0.25, -0.2) is 0 Å². The second kappa shape index (κ2) is 5.03. The van der Waals surface area contributed by atoms with Gasteiger partial charge in [0.05, 0.1) is 14.2 Å². The van der Waals surface area contributed by atoms with Crippen LogP contribution < -0.4 is 15.2 Å². The third-order valence-electron chi connectivity index (χ3n) is 2.51. The highest BCUT2D eigenvalue weighted by molar-refractivity contribution is 5.42. The average Bonchev–Trinajstić information content (AvgIpc) is 2.27. The third kappa shape index (κ3) is 2.63. The molecule has 0 bridgehead atoms. The Hall–Kier alpha value is -1.22. The Labute approximate surface area is 91.2 Å². The van der Waals surface area contributed by atoms with Gasteiger partial charge < -0.3 is 15.2 Å². The van der Waals surface area contributed by atoms with Crippen LogP contribution in [0.3, 0.4) is 0 Å². The van der Waals surface area contributed by atoms with Gasteiger partial charge in [-0.2, -0.15) is 0 Å². The fraction of sp³-hybridized carbons (Fsp3) is 0.500. The summed E-state index contributed by atoms with van der Waals surface area (Å²) < 4.78 is 10.5. The fourth-order valence-electron chi connectivity index (χ4n) is 1.46. The molecule has 0 saturated heterocycles. The summed E-state index contributed by atoms with van der Waals surface area (Å²) in [6, 6.07) is 5.66. The smallest absolute Gasteiger partial charge is 0.123 e. The van der Waals surface area contributed by atoms with Gasteiger partial charge in [-0.3, -0.25) is 0 Å². The lowest BCUT2D eigenvalue weighted by atomic mass is 9.96. The second-order valence-corrected chi connectivity index (χ2v) is 3.88. The normalized spacial score (nSPS) is 12.7. The molecule has 0 fully saturated rings. The molecule has 1 atom stereocenters. The first-order valence-corrected chi connectivity index (χ1v) is 5.07. The van der Waals surface area contributed by atoms with E-state index in [1.165, 1.54) is 0 Å². The highest BCUT2D eigenvalue weighted by atomic mass is 16.5. The molecular formula is C12H19NO2. The highest BCUT2D eigenvalue weighted by Crippen LogP contribution is 2.31. The minimum absolute atomic E-state index is 0.0324. The first-order chi connectivity index (χ1) is 7.10. The maximum absolute atomic E-state index is 6.10. The molecule has 0 amide bonds. The van der Waals surface area contributed by atoms with Gasteiger partial charge in [-0.1, -0.05) is 13.8 Å². The number of ether oxygens (including phenoxy) is 2. The summed E-state index contributed by atoms with van der Waals surface area (Å²) in [5, 5.41) is 0. The van der Waals surface area contributed by atoms with Crippen LogP contribution in [-0.4, -0.2) is 14.2 Å². The molecule has 0 radical (unpaired) electrons. The van der Waals surface area contributed by atoms with Crippen molar-refractivity contribution in [3.8, 4) is 11.5 Å². The summed E-state index contributed by atoms with van der Waals surface area (Å²) in [5.74, 6) is 1.99. The minimum atomic E-state index is -0.0324. The molecule has 0 spiro atoms. The van der Waals surface area contributed by atoms with Gasteiger partial charge in [0.15, 0.2) is 0 Å². The predicted octanol–water partition coefficient (Wildman–Crippen LogP) is 2.36. The molecule has 0 saturated carbocycles. The van der Waals surface area contributed by atoms with E-state index in [0.29, 0.717) is 5.92 Å². The van der Waals surface area contributed by atoms with Gasteiger partial charge in [0.2, 0.25) is 0 Å². The van der Waals surface area contributed by atoms with Crippen LogP contribution >= 0.6 is 0 Å². The van der Waals surface area contributed by atoms with Crippen molar-refractivity contribution in [2.24, 2.45) is 11.7 Å². The Morgan fingerprint density at radius 3 is 2.27 bits per heavy atom. The van der Waals surface area contributed by atoms with Crippen LogP contribution in [0.25, 0.3) is 0 Å². The van der Waals surface area contributed by atoms with Crippen molar-refractivity contribution in [2.45, 2.75) is 19.9 Å². The number of methoxy groups -OCH3 is 2. The van der Waals surface area contributed by atoms with Gasteiger partial charge in [0, 0.05) is 11.6 Å². The molecule has 1 aromatic rings. The average molecular weight is 209 g/mol. The van der Waals surface area contributed by atoms with Crippen molar-refractivity contribution >= 4 is 0 Å². The first-order valence-electron chi connectivity index (χ1n) is 5.07. The number of rotatable bonds is 4. The van der Waals surface area contributed by atoms with Crippen LogP contribution in [0.5, 0.6) is 11.5 Å². The van der Waals surface area contributed by atoms with Gasteiger partial charge in [-0.05, 0) is 24.1 Å².